The number of halogens is 1. The smallest absolute Gasteiger partial charge is 0.243 e. The van der Waals surface area contributed by atoms with E-state index in [-0.39, 0.29) is 6.04 Å². The van der Waals surface area contributed by atoms with Gasteiger partial charge < -0.3 is 9.84 Å². The molecule has 1 atom stereocenters. The highest BCUT2D eigenvalue weighted by Gasteiger charge is 2.13. The zero-order chi connectivity index (χ0) is 13.7. The van der Waals surface area contributed by atoms with Crippen molar-refractivity contribution >= 4 is 15.9 Å². The SMILES string of the molecule is CCCNC(C)c1nc(Cc2ccc(Br)cc2)no1. The summed E-state index contributed by atoms with van der Waals surface area (Å²) in [5, 5.41) is 7.36. The summed E-state index contributed by atoms with van der Waals surface area (Å²) < 4.78 is 6.36. The summed E-state index contributed by atoms with van der Waals surface area (Å²) in [7, 11) is 0. The van der Waals surface area contributed by atoms with Gasteiger partial charge in [-0.3, -0.25) is 0 Å². The lowest BCUT2D eigenvalue weighted by molar-refractivity contribution is 0.337. The molecule has 5 heteroatoms. The molecule has 1 N–H and O–H groups in total. The second-order valence-electron chi connectivity index (χ2n) is 4.53. The molecule has 0 aliphatic heterocycles. The molecule has 1 aromatic carbocycles. The normalized spacial score (nSPS) is 12.6. The highest BCUT2D eigenvalue weighted by Crippen LogP contribution is 2.14. The van der Waals surface area contributed by atoms with Crippen molar-refractivity contribution in [1.82, 2.24) is 15.5 Å². The molecule has 0 aliphatic rings. The summed E-state index contributed by atoms with van der Waals surface area (Å²) in [6, 6.07) is 8.24. The fraction of sp³-hybridized carbons (Fsp3) is 0.429. The number of nitrogens with zero attached hydrogens (tertiary/aromatic N) is 2. The summed E-state index contributed by atoms with van der Waals surface area (Å²) in [5.41, 5.74) is 1.17. The molecular formula is C14H18BrN3O. The van der Waals surface area contributed by atoms with Crippen LogP contribution in [-0.4, -0.2) is 16.7 Å². The first-order chi connectivity index (χ1) is 9.19. The highest BCUT2D eigenvalue weighted by atomic mass is 79.9. The molecule has 0 saturated carbocycles. The Morgan fingerprint density at radius 1 is 1.32 bits per heavy atom. The van der Waals surface area contributed by atoms with Gasteiger partial charge in [0.15, 0.2) is 5.82 Å². The predicted octanol–water partition coefficient (Wildman–Crippen LogP) is 3.48. The van der Waals surface area contributed by atoms with Crippen molar-refractivity contribution in [2.75, 3.05) is 6.54 Å². The number of rotatable bonds is 6. The third kappa shape index (κ3) is 4.14. The molecular weight excluding hydrogens is 306 g/mol. The maximum absolute atomic E-state index is 5.29. The Bertz CT molecular complexity index is 510. The van der Waals surface area contributed by atoms with Crippen molar-refractivity contribution < 1.29 is 4.52 Å². The molecule has 0 radical (unpaired) electrons. The maximum Gasteiger partial charge on any atom is 0.243 e. The van der Waals surface area contributed by atoms with Crippen molar-refractivity contribution in [2.24, 2.45) is 0 Å². The van der Waals surface area contributed by atoms with Crippen molar-refractivity contribution in [2.45, 2.75) is 32.7 Å². The van der Waals surface area contributed by atoms with Gasteiger partial charge in [0, 0.05) is 10.9 Å². The molecule has 0 spiro atoms. The Morgan fingerprint density at radius 3 is 2.74 bits per heavy atom. The fourth-order valence-electron chi connectivity index (χ4n) is 1.75. The zero-order valence-corrected chi connectivity index (χ0v) is 12.8. The van der Waals surface area contributed by atoms with Crippen LogP contribution in [0.25, 0.3) is 0 Å². The van der Waals surface area contributed by atoms with E-state index in [0.717, 1.165) is 23.3 Å². The van der Waals surface area contributed by atoms with Gasteiger partial charge >= 0.3 is 0 Å². The molecule has 0 fully saturated rings. The topological polar surface area (TPSA) is 51.0 Å². The van der Waals surface area contributed by atoms with Crippen LogP contribution >= 0.6 is 15.9 Å². The van der Waals surface area contributed by atoms with Gasteiger partial charge in [0.25, 0.3) is 0 Å². The van der Waals surface area contributed by atoms with E-state index in [1.54, 1.807) is 0 Å². The molecule has 2 rings (SSSR count). The van der Waals surface area contributed by atoms with E-state index in [4.69, 9.17) is 4.52 Å². The van der Waals surface area contributed by atoms with E-state index in [9.17, 15) is 0 Å². The molecule has 1 unspecified atom stereocenters. The van der Waals surface area contributed by atoms with Crippen LogP contribution in [0.1, 0.15) is 43.6 Å². The second-order valence-corrected chi connectivity index (χ2v) is 5.44. The van der Waals surface area contributed by atoms with Crippen molar-refractivity contribution in [3.63, 3.8) is 0 Å². The number of aromatic nitrogens is 2. The molecule has 1 aromatic heterocycles. The van der Waals surface area contributed by atoms with Gasteiger partial charge in [-0.05, 0) is 37.6 Å². The molecule has 0 bridgehead atoms. The van der Waals surface area contributed by atoms with Crippen LogP contribution in [-0.2, 0) is 6.42 Å². The van der Waals surface area contributed by atoms with Gasteiger partial charge in [-0.25, -0.2) is 0 Å². The van der Waals surface area contributed by atoms with Crippen LogP contribution < -0.4 is 5.32 Å². The highest BCUT2D eigenvalue weighted by molar-refractivity contribution is 9.10. The molecule has 0 amide bonds. The summed E-state index contributed by atoms with van der Waals surface area (Å²) in [5.74, 6) is 1.38. The minimum absolute atomic E-state index is 0.103. The average Bonchev–Trinajstić information content (AvgIpc) is 2.87. The van der Waals surface area contributed by atoms with Crippen LogP contribution in [0.4, 0.5) is 0 Å². The number of hydrogen-bond acceptors (Lipinski definition) is 4. The van der Waals surface area contributed by atoms with Gasteiger partial charge in [-0.1, -0.05) is 40.1 Å². The van der Waals surface area contributed by atoms with Gasteiger partial charge in [0.1, 0.15) is 0 Å². The van der Waals surface area contributed by atoms with Crippen molar-refractivity contribution in [3.8, 4) is 0 Å². The number of hydrogen-bond donors (Lipinski definition) is 1. The van der Waals surface area contributed by atoms with Gasteiger partial charge in [0.05, 0.1) is 6.04 Å². The van der Waals surface area contributed by atoms with E-state index >= 15 is 0 Å². The van der Waals surface area contributed by atoms with Gasteiger partial charge in [-0.2, -0.15) is 4.98 Å². The van der Waals surface area contributed by atoms with Gasteiger partial charge in [0.2, 0.25) is 5.89 Å². The first-order valence-corrected chi connectivity index (χ1v) is 7.28. The summed E-state index contributed by atoms with van der Waals surface area (Å²) >= 11 is 3.42. The lowest BCUT2D eigenvalue weighted by Crippen LogP contribution is -2.19. The Hall–Kier alpha value is -1.20. The average molecular weight is 324 g/mol. The number of benzene rings is 1. The molecule has 4 nitrogen and oxygen atoms in total. The van der Waals surface area contributed by atoms with Crippen LogP contribution in [0.3, 0.4) is 0 Å². The summed E-state index contributed by atoms with van der Waals surface area (Å²) in [6.07, 6.45) is 1.78. The largest absolute Gasteiger partial charge is 0.338 e. The van der Waals surface area contributed by atoms with Gasteiger partial charge in [-0.15, -0.1) is 0 Å². The van der Waals surface area contributed by atoms with Crippen LogP contribution in [0.15, 0.2) is 33.3 Å². The molecule has 0 aliphatic carbocycles. The third-order valence-electron chi connectivity index (χ3n) is 2.83. The second kappa shape index (κ2) is 6.82. The van der Waals surface area contributed by atoms with Crippen LogP contribution in [0, 0.1) is 0 Å². The van der Waals surface area contributed by atoms with E-state index < -0.39 is 0 Å². The minimum atomic E-state index is 0.103. The summed E-state index contributed by atoms with van der Waals surface area (Å²) in [6.45, 7) is 5.12. The lowest BCUT2D eigenvalue weighted by Gasteiger charge is -2.06. The quantitative estimate of drug-likeness (QED) is 0.884. The first kappa shape index (κ1) is 14.2. The van der Waals surface area contributed by atoms with E-state index in [0.29, 0.717) is 12.3 Å². The number of nitrogens with one attached hydrogen (secondary N) is 1. The van der Waals surface area contributed by atoms with E-state index in [1.807, 2.05) is 19.1 Å². The van der Waals surface area contributed by atoms with E-state index in [1.165, 1.54) is 5.56 Å². The maximum atomic E-state index is 5.29. The molecule has 102 valence electrons. The minimum Gasteiger partial charge on any atom is -0.338 e. The Labute approximate surface area is 121 Å². The van der Waals surface area contributed by atoms with Crippen molar-refractivity contribution in [3.05, 3.63) is 46.0 Å². The Balaban J connectivity index is 1.98. The Kier molecular flexibility index (Phi) is 5.10. The monoisotopic (exact) mass is 323 g/mol. The van der Waals surface area contributed by atoms with Crippen LogP contribution in [0.5, 0.6) is 0 Å². The Morgan fingerprint density at radius 2 is 2.05 bits per heavy atom. The standard InChI is InChI=1S/C14H18BrN3O/c1-3-8-16-10(2)14-17-13(18-19-14)9-11-4-6-12(15)7-5-11/h4-7,10,16H,3,8-9H2,1-2H3. The molecule has 1 heterocycles. The summed E-state index contributed by atoms with van der Waals surface area (Å²) in [4.78, 5) is 4.43. The molecule has 19 heavy (non-hydrogen) atoms. The molecule has 2 aromatic rings. The van der Waals surface area contributed by atoms with E-state index in [2.05, 4.69) is 50.4 Å². The fourth-order valence-corrected chi connectivity index (χ4v) is 2.01. The van der Waals surface area contributed by atoms with Crippen LogP contribution in [0.2, 0.25) is 0 Å². The zero-order valence-electron chi connectivity index (χ0n) is 11.2. The molecule has 0 saturated heterocycles. The first-order valence-electron chi connectivity index (χ1n) is 6.49. The predicted molar refractivity (Wildman–Crippen MR) is 78.0 cm³/mol. The third-order valence-corrected chi connectivity index (χ3v) is 3.36. The van der Waals surface area contributed by atoms with Crippen molar-refractivity contribution in [1.29, 1.82) is 0 Å². The lowest BCUT2D eigenvalue weighted by atomic mass is 10.1.